The molecule has 0 amide bonds. The van der Waals surface area contributed by atoms with E-state index in [-0.39, 0.29) is 0 Å². The molecule has 112 valence electrons. The molecule has 0 aliphatic heterocycles. The van der Waals surface area contributed by atoms with Gasteiger partial charge >= 0.3 is 0 Å². The molecule has 4 heteroatoms. The third kappa shape index (κ3) is 4.76. The van der Waals surface area contributed by atoms with E-state index in [4.69, 9.17) is 9.47 Å². The lowest BCUT2D eigenvalue weighted by molar-refractivity contribution is 0.0886. The highest BCUT2D eigenvalue weighted by molar-refractivity contribution is 9.10. The number of benzene rings is 1. The standard InChI is InChI=1S/C16H24BrNO2/c1-19-11-9-18-13-16(6-3-7-16)8-10-20-15-5-2-4-14(17)12-15/h2,4-5,12,18H,3,6-11,13H2,1H3. The van der Waals surface area contributed by atoms with Crippen LogP contribution in [-0.2, 0) is 4.74 Å². The normalized spacial score (nSPS) is 16.7. The number of hydrogen-bond donors (Lipinski definition) is 1. The molecule has 1 aromatic carbocycles. The molecule has 0 bridgehead atoms. The Hall–Kier alpha value is -0.580. The van der Waals surface area contributed by atoms with Crippen molar-refractivity contribution in [3.8, 4) is 5.75 Å². The predicted octanol–water partition coefficient (Wildman–Crippen LogP) is 3.62. The van der Waals surface area contributed by atoms with Gasteiger partial charge in [-0.2, -0.15) is 0 Å². The average Bonchev–Trinajstić information content (AvgIpc) is 2.40. The summed E-state index contributed by atoms with van der Waals surface area (Å²) in [6.07, 6.45) is 5.10. The number of ether oxygens (including phenoxy) is 2. The van der Waals surface area contributed by atoms with Gasteiger partial charge in [-0.15, -0.1) is 0 Å². The van der Waals surface area contributed by atoms with Crippen LogP contribution in [0.3, 0.4) is 0 Å². The van der Waals surface area contributed by atoms with Gasteiger partial charge in [-0.25, -0.2) is 0 Å². The molecule has 20 heavy (non-hydrogen) atoms. The molecule has 1 saturated carbocycles. The summed E-state index contributed by atoms with van der Waals surface area (Å²) in [5, 5.41) is 3.50. The van der Waals surface area contributed by atoms with Crippen molar-refractivity contribution in [3.05, 3.63) is 28.7 Å². The molecule has 0 aromatic heterocycles. The third-order valence-corrected chi connectivity index (χ3v) is 4.59. The van der Waals surface area contributed by atoms with E-state index < -0.39 is 0 Å². The van der Waals surface area contributed by atoms with E-state index in [0.717, 1.165) is 42.9 Å². The highest BCUT2D eigenvalue weighted by Gasteiger charge is 2.36. The summed E-state index contributed by atoms with van der Waals surface area (Å²) >= 11 is 3.47. The zero-order chi connectivity index (χ0) is 14.3. The number of hydrogen-bond acceptors (Lipinski definition) is 3. The van der Waals surface area contributed by atoms with Crippen LogP contribution >= 0.6 is 15.9 Å². The highest BCUT2D eigenvalue weighted by Crippen LogP contribution is 2.43. The molecule has 2 rings (SSSR count). The van der Waals surface area contributed by atoms with Gasteiger partial charge in [0.2, 0.25) is 0 Å². The Labute approximate surface area is 130 Å². The van der Waals surface area contributed by atoms with Crippen LogP contribution in [0.4, 0.5) is 0 Å². The highest BCUT2D eigenvalue weighted by atomic mass is 79.9. The van der Waals surface area contributed by atoms with Crippen LogP contribution in [0.25, 0.3) is 0 Å². The van der Waals surface area contributed by atoms with Crippen molar-refractivity contribution < 1.29 is 9.47 Å². The minimum absolute atomic E-state index is 0.444. The van der Waals surface area contributed by atoms with Gasteiger partial charge in [-0.1, -0.05) is 28.4 Å². The van der Waals surface area contributed by atoms with Crippen LogP contribution in [0.5, 0.6) is 5.75 Å². The van der Waals surface area contributed by atoms with Gasteiger partial charge in [-0.05, 0) is 42.9 Å². The summed E-state index contributed by atoms with van der Waals surface area (Å²) in [5.74, 6) is 0.946. The minimum Gasteiger partial charge on any atom is -0.494 e. The SMILES string of the molecule is COCCNCC1(CCOc2cccc(Br)c2)CCC1. The fourth-order valence-corrected chi connectivity index (χ4v) is 3.04. The smallest absolute Gasteiger partial charge is 0.120 e. The van der Waals surface area contributed by atoms with Crippen molar-refractivity contribution in [2.75, 3.05) is 33.4 Å². The topological polar surface area (TPSA) is 30.5 Å². The number of methoxy groups -OCH3 is 1. The Bertz CT molecular complexity index is 407. The van der Waals surface area contributed by atoms with Gasteiger partial charge in [0, 0.05) is 24.7 Å². The van der Waals surface area contributed by atoms with Gasteiger partial charge in [0.1, 0.15) is 5.75 Å². The maximum atomic E-state index is 5.86. The Morgan fingerprint density at radius 2 is 2.15 bits per heavy atom. The molecular weight excluding hydrogens is 318 g/mol. The molecule has 0 heterocycles. The Kier molecular flexibility index (Phi) is 6.33. The maximum Gasteiger partial charge on any atom is 0.120 e. The first-order valence-electron chi connectivity index (χ1n) is 7.32. The zero-order valence-electron chi connectivity index (χ0n) is 12.2. The van der Waals surface area contributed by atoms with Crippen LogP contribution in [-0.4, -0.2) is 33.4 Å². The van der Waals surface area contributed by atoms with Gasteiger partial charge < -0.3 is 14.8 Å². The van der Waals surface area contributed by atoms with E-state index in [2.05, 4.69) is 21.2 Å². The first-order valence-corrected chi connectivity index (χ1v) is 8.11. The molecule has 0 radical (unpaired) electrons. The second-order valence-corrected chi connectivity index (χ2v) is 6.49. The number of halogens is 1. The molecule has 3 nitrogen and oxygen atoms in total. The lowest BCUT2D eigenvalue weighted by Gasteiger charge is -2.42. The molecule has 0 atom stereocenters. The Balaban J connectivity index is 1.70. The summed E-state index contributed by atoms with van der Waals surface area (Å²) in [7, 11) is 1.74. The lowest BCUT2D eigenvalue weighted by atomic mass is 9.67. The number of rotatable bonds is 9. The molecule has 0 spiro atoms. The van der Waals surface area contributed by atoms with Crippen molar-refractivity contribution in [3.63, 3.8) is 0 Å². The van der Waals surface area contributed by atoms with Crippen LogP contribution < -0.4 is 10.1 Å². The minimum atomic E-state index is 0.444. The Morgan fingerprint density at radius 1 is 1.30 bits per heavy atom. The van der Waals surface area contributed by atoms with Gasteiger partial charge in [-0.3, -0.25) is 0 Å². The maximum absolute atomic E-state index is 5.86. The van der Waals surface area contributed by atoms with Crippen LogP contribution in [0.15, 0.2) is 28.7 Å². The van der Waals surface area contributed by atoms with E-state index in [1.807, 2.05) is 24.3 Å². The zero-order valence-corrected chi connectivity index (χ0v) is 13.7. The summed E-state index contributed by atoms with van der Waals surface area (Å²) in [6, 6.07) is 8.05. The molecule has 1 aliphatic carbocycles. The van der Waals surface area contributed by atoms with Crippen molar-refractivity contribution in [2.24, 2.45) is 5.41 Å². The van der Waals surface area contributed by atoms with E-state index in [0.29, 0.717) is 5.41 Å². The molecule has 1 aliphatic rings. The molecule has 1 N–H and O–H groups in total. The number of nitrogens with one attached hydrogen (secondary N) is 1. The van der Waals surface area contributed by atoms with Crippen LogP contribution in [0, 0.1) is 5.41 Å². The molecular formula is C16H24BrNO2. The predicted molar refractivity (Wildman–Crippen MR) is 85.3 cm³/mol. The van der Waals surface area contributed by atoms with Crippen molar-refractivity contribution in [2.45, 2.75) is 25.7 Å². The summed E-state index contributed by atoms with van der Waals surface area (Å²) in [4.78, 5) is 0. The second-order valence-electron chi connectivity index (χ2n) is 5.58. The van der Waals surface area contributed by atoms with Gasteiger partial charge in [0.05, 0.1) is 13.2 Å². The monoisotopic (exact) mass is 341 g/mol. The van der Waals surface area contributed by atoms with E-state index in [1.165, 1.54) is 19.3 Å². The quantitative estimate of drug-likeness (QED) is 0.696. The van der Waals surface area contributed by atoms with Crippen LogP contribution in [0.2, 0.25) is 0 Å². The van der Waals surface area contributed by atoms with Crippen molar-refractivity contribution in [1.82, 2.24) is 5.32 Å². The first-order chi connectivity index (χ1) is 9.74. The molecule has 1 aromatic rings. The van der Waals surface area contributed by atoms with E-state index in [9.17, 15) is 0 Å². The van der Waals surface area contributed by atoms with Crippen LogP contribution in [0.1, 0.15) is 25.7 Å². The van der Waals surface area contributed by atoms with Crippen molar-refractivity contribution in [1.29, 1.82) is 0 Å². The largest absolute Gasteiger partial charge is 0.494 e. The third-order valence-electron chi connectivity index (χ3n) is 4.09. The van der Waals surface area contributed by atoms with Gasteiger partial charge in [0.15, 0.2) is 0 Å². The van der Waals surface area contributed by atoms with Crippen molar-refractivity contribution >= 4 is 15.9 Å². The summed E-state index contributed by atoms with van der Waals surface area (Å²) in [5.41, 5.74) is 0.444. The fraction of sp³-hybridized carbons (Fsp3) is 0.625. The van der Waals surface area contributed by atoms with E-state index >= 15 is 0 Å². The Morgan fingerprint density at radius 3 is 2.80 bits per heavy atom. The molecule has 0 unspecified atom stereocenters. The lowest BCUT2D eigenvalue weighted by Crippen LogP contribution is -2.41. The summed E-state index contributed by atoms with van der Waals surface area (Å²) < 4.78 is 12.0. The second kappa shape index (κ2) is 8.01. The average molecular weight is 342 g/mol. The summed E-state index contributed by atoms with van der Waals surface area (Å²) in [6.45, 7) is 3.59. The first kappa shape index (κ1) is 15.8. The molecule has 0 saturated heterocycles. The fourth-order valence-electron chi connectivity index (χ4n) is 2.66. The van der Waals surface area contributed by atoms with Gasteiger partial charge in [0.25, 0.3) is 0 Å². The molecule has 1 fully saturated rings. The van der Waals surface area contributed by atoms with E-state index in [1.54, 1.807) is 7.11 Å².